The molecule has 0 radical (unpaired) electrons. The third-order valence-corrected chi connectivity index (χ3v) is 2.70. The lowest BCUT2D eigenvalue weighted by atomic mass is 10.2. The molecule has 90 valence electrons. The van der Waals surface area contributed by atoms with Gasteiger partial charge in [0.1, 0.15) is 5.69 Å². The minimum Gasteiger partial charge on any atom is -0.392 e. The van der Waals surface area contributed by atoms with Crippen molar-refractivity contribution < 1.29 is 13.9 Å². The van der Waals surface area contributed by atoms with E-state index >= 15 is 0 Å². The lowest BCUT2D eigenvalue weighted by Crippen LogP contribution is -2.04. The normalized spacial score (nSPS) is 10.9. The molecule has 0 aliphatic rings. The zero-order valence-electron chi connectivity index (χ0n) is 8.91. The van der Waals surface area contributed by atoms with Gasteiger partial charge in [0.25, 0.3) is 0 Å². The highest BCUT2D eigenvalue weighted by molar-refractivity contribution is 6.31. The fourth-order valence-electron chi connectivity index (χ4n) is 1.48. The third-order valence-electron chi connectivity index (χ3n) is 2.33. The molecule has 1 aromatic heterocycles. The molecule has 1 aromatic carbocycles. The first-order valence-corrected chi connectivity index (χ1v) is 5.21. The number of aliphatic hydroxyl groups is 1. The number of hydrogen-bond acceptors (Lipinski definition) is 2. The summed E-state index contributed by atoms with van der Waals surface area (Å²) in [4.78, 5) is 0. The zero-order valence-corrected chi connectivity index (χ0v) is 9.67. The first-order valence-electron chi connectivity index (χ1n) is 4.84. The van der Waals surface area contributed by atoms with E-state index in [4.69, 9.17) is 16.7 Å². The molecular formula is C11H9ClF2N2O. The van der Waals surface area contributed by atoms with Crippen LogP contribution < -0.4 is 0 Å². The Bertz CT molecular complexity index is 526. The Balaban J connectivity index is 2.59. The van der Waals surface area contributed by atoms with Crippen molar-refractivity contribution in [3.63, 3.8) is 0 Å². The fraction of sp³-hybridized carbons (Fsp3) is 0.182. The van der Waals surface area contributed by atoms with Gasteiger partial charge in [-0.2, -0.15) is 5.10 Å². The highest BCUT2D eigenvalue weighted by Crippen LogP contribution is 2.22. The average Bonchev–Trinajstić information content (AvgIpc) is 2.57. The molecule has 0 unspecified atom stereocenters. The molecule has 1 N–H and O–H groups in total. The quantitative estimate of drug-likeness (QED) is 0.899. The smallest absolute Gasteiger partial charge is 0.152 e. The van der Waals surface area contributed by atoms with Crippen molar-refractivity contribution in [3.8, 4) is 5.69 Å². The van der Waals surface area contributed by atoms with E-state index in [1.165, 1.54) is 6.20 Å². The summed E-state index contributed by atoms with van der Waals surface area (Å²) in [5.41, 5.74) is 0.340. The summed E-state index contributed by atoms with van der Waals surface area (Å²) >= 11 is 5.77. The Hall–Kier alpha value is -1.46. The molecule has 0 saturated heterocycles. The predicted molar refractivity (Wildman–Crippen MR) is 59.1 cm³/mol. The summed E-state index contributed by atoms with van der Waals surface area (Å²) in [5.74, 6) is -1.60. The maximum atomic E-state index is 13.7. The van der Waals surface area contributed by atoms with E-state index in [2.05, 4.69) is 5.10 Å². The SMILES string of the molecule is Cc1nn(-c2c(F)cc(CO)cc2F)cc1Cl. The van der Waals surface area contributed by atoms with Gasteiger partial charge in [0.15, 0.2) is 11.6 Å². The van der Waals surface area contributed by atoms with Crippen molar-refractivity contribution in [3.05, 3.63) is 46.2 Å². The molecule has 1 heterocycles. The van der Waals surface area contributed by atoms with Gasteiger partial charge < -0.3 is 5.11 Å². The summed E-state index contributed by atoms with van der Waals surface area (Å²) in [7, 11) is 0. The van der Waals surface area contributed by atoms with E-state index in [1.54, 1.807) is 6.92 Å². The van der Waals surface area contributed by atoms with Crippen molar-refractivity contribution in [2.45, 2.75) is 13.5 Å². The van der Waals surface area contributed by atoms with Gasteiger partial charge in [-0.1, -0.05) is 11.6 Å². The molecule has 0 atom stereocenters. The number of benzene rings is 1. The Morgan fingerprint density at radius 1 is 1.35 bits per heavy atom. The summed E-state index contributed by atoms with van der Waals surface area (Å²) in [6, 6.07) is 2.12. The van der Waals surface area contributed by atoms with Crippen LogP contribution in [0.4, 0.5) is 8.78 Å². The highest BCUT2D eigenvalue weighted by atomic mass is 35.5. The first-order chi connectivity index (χ1) is 8.02. The molecule has 0 amide bonds. The number of aryl methyl sites for hydroxylation is 1. The van der Waals surface area contributed by atoms with E-state index in [9.17, 15) is 8.78 Å². The summed E-state index contributed by atoms with van der Waals surface area (Å²) in [5, 5.41) is 13.0. The van der Waals surface area contributed by atoms with Crippen molar-refractivity contribution in [2.24, 2.45) is 0 Å². The molecule has 3 nitrogen and oxygen atoms in total. The van der Waals surface area contributed by atoms with E-state index in [-0.39, 0.29) is 11.3 Å². The molecule has 0 fully saturated rings. The third kappa shape index (κ3) is 2.16. The van der Waals surface area contributed by atoms with Gasteiger partial charge in [-0.25, -0.2) is 13.5 Å². The maximum absolute atomic E-state index is 13.7. The van der Waals surface area contributed by atoms with E-state index in [0.717, 1.165) is 16.8 Å². The van der Waals surface area contributed by atoms with Crippen LogP contribution in [0.2, 0.25) is 5.02 Å². The number of rotatable bonds is 2. The van der Waals surface area contributed by atoms with Gasteiger partial charge in [0.05, 0.1) is 17.3 Å². The van der Waals surface area contributed by atoms with Gasteiger partial charge in [-0.15, -0.1) is 0 Å². The van der Waals surface area contributed by atoms with Crippen molar-refractivity contribution in [1.29, 1.82) is 0 Å². The van der Waals surface area contributed by atoms with E-state index in [1.807, 2.05) is 0 Å². The summed E-state index contributed by atoms with van der Waals surface area (Å²) < 4.78 is 28.4. The molecule has 6 heteroatoms. The Labute approximate surface area is 101 Å². The standard InChI is InChI=1S/C11H9ClF2N2O/c1-6-8(12)4-16(15-6)11-9(13)2-7(5-17)3-10(11)14/h2-4,17H,5H2,1H3. The van der Waals surface area contributed by atoms with Gasteiger partial charge in [-0.05, 0) is 24.6 Å². The van der Waals surface area contributed by atoms with Crippen LogP contribution in [0.5, 0.6) is 0 Å². The number of hydrogen-bond donors (Lipinski definition) is 1. The van der Waals surface area contributed by atoms with Crippen LogP contribution in [0, 0.1) is 18.6 Å². The minimum atomic E-state index is -0.798. The van der Waals surface area contributed by atoms with Crippen LogP contribution in [0.3, 0.4) is 0 Å². The molecule has 2 aromatic rings. The van der Waals surface area contributed by atoms with Crippen LogP contribution in [0.1, 0.15) is 11.3 Å². The van der Waals surface area contributed by atoms with Gasteiger partial charge >= 0.3 is 0 Å². The largest absolute Gasteiger partial charge is 0.392 e. The molecule has 2 rings (SSSR count). The second-order valence-corrected chi connectivity index (χ2v) is 3.98. The van der Waals surface area contributed by atoms with Gasteiger partial charge in [-0.3, -0.25) is 0 Å². The van der Waals surface area contributed by atoms with Crippen LogP contribution in [-0.2, 0) is 6.61 Å². The highest BCUT2D eigenvalue weighted by Gasteiger charge is 2.15. The Morgan fingerprint density at radius 2 is 1.94 bits per heavy atom. The Kier molecular flexibility index (Phi) is 3.13. The van der Waals surface area contributed by atoms with Crippen molar-refractivity contribution in [1.82, 2.24) is 9.78 Å². The molecular weight excluding hydrogens is 250 g/mol. The topological polar surface area (TPSA) is 38.0 Å². The predicted octanol–water partition coefficient (Wildman–Crippen LogP) is 2.60. The van der Waals surface area contributed by atoms with Crippen LogP contribution >= 0.6 is 11.6 Å². The first kappa shape index (κ1) is 12.0. The lowest BCUT2D eigenvalue weighted by molar-refractivity contribution is 0.280. The number of nitrogens with zero attached hydrogens (tertiary/aromatic N) is 2. The molecule has 0 spiro atoms. The van der Waals surface area contributed by atoms with Crippen molar-refractivity contribution in [2.75, 3.05) is 0 Å². The summed E-state index contributed by atoms with van der Waals surface area (Å²) in [6.45, 7) is 1.21. The number of halogens is 3. The van der Waals surface area contributed by atoms with Gasteiger partial charge in [0, 0.05) is 6.20 Å². The molecule has 0 aliphatic heterocycles. The molecule has 0 bridgehead atoms. The second-order valence-electron chi connectivity index (χ2n) is 3.57. The average molecular weight is 259 g/mol. The van der Waals surface area contributed by atoms with E-state index < -0.39 is 18.2 Å². The van der Waals surface area contributed by atoms with Crippen LogP contribution in [0.25, 0.3) is 5.69 Å². The fourth-order valence-corrected chi connectivity index (χ4v) is 1.61. The zero-order chi connectivity index (χ0) is 12.6. The number of aromatic nitrogens is 2. The monoisotopic (exact) mass is 258 g/mol. The van der Waals surface area contributed by atoms with E-state index in [0.29, 0.717) is 10.7 Å². The molecule has 17 heavy (non-hydrogen) atoms. The summed E-state index contributed by atoms with van der Waals surface area (Å²) in [6.07, 6.45) is 1.33. The van der Waals surface area contributed by atoms with Crippen LogP contribution in [-0.4, -0.2) is 14.9 Å². The second kappa shape index (κ2) is 4.43. The van der Waals surface area contributed by atoms with Crippen LogP contribution in [0.15, 0.2) is 18.3 Å². The van der Waals surface area contributed by atoms with Gasteiger partial charge in [0.2, 0.25) is 0 Å². The number of aliphatic hydroxyl groups excluding tert-OH is 1. The Morgan fingerprint density at radius 3 is 2.35 bits per heavy atom. The van der Waals surface area contributed by atoms with Crippen molar-refractivity contribution >= 4 is 11.6 Å². The maximum Gasteiger partial charge on any atom is 0.152 e. The minimum absolute atomic E-state index is 0.165. The molecule has 0 aliphatic carbocycles. The lowest BCUT2D eigenvalue weighted by Gasteiger charge is -2.06. The molecule has 0 saturated carbocycles.